The van der Waals surface area contributed by atoms with Crippen molar-refractivity contribution in [3.63, 3.8) is 0 Å². The van der Waals surface area contributed by atoms with Gasteiger partial charge in [-0.1, -0.05) is 30.0 Å². The number of carbonyl (C=O) groups is 2. The molecule has 0 aliphatic rings. The third-order valence-corrected chi connectivity index (χ3v) is 4.46. The SMILES string of the molecule is [B]NC(=O)c1ccccc1Sc1ccc2c(C=O)c(O)[nH]c2c1. The van der Waals surface area contributed by atoms with Crippen molar-refractivity contribution in [3.05, 3.63) is 53.6 Å². The molecule has 0 aliphatic heterocycles. The van der Waals surface area contributed by atoms with Crippen molar-refractivity contribution in [2.45, 2.75) is 9.79 Å². The van der Waals surface area contributed by atoms with Crippen molar-refractivity contribution in [3.8, 4) is 5.88 Å². The van der Waals surface area contributed by atoms with E-state index in [-0.39, 0.29) is 17.4 Å². The Morgan fingerprint density at radius 1 is 1.26 bits per heavy atom. The zero-order valence-corrected chi connectivity index (χ0v) is 12.7. The number of hydrogen-bond donors (Lipinski definition) is 3. The number of aromatic nitrogens is 1. The molecule has 2 radical (unpaired) electrons. The number of H-pyrrole nitrogens is 1. The lowest BCUT2D eigenvalue weighted by Crippen LogP contribution is -2.20. The van der Waals surface area contributed by atoms with E-state index in [0.717, 1.165) is 9.79 Å². The predicted octanol–water partition coefficient (Wildman–Crippen LogP) is 2.65. The van der Waals surface area contributed by atoms with Crippen LogP contribution in [0.15, 0.2) is 52.3 Å². The van der Waals surface area contributed by atoms with E-state index in [1.165, 1.54) is 11.8 Å². The number of aromatic hydroxyl groups is 1. The normalized spacial score (nSPS) is 10.6. The van der Waals surface area contributed by atoms with Crippen LogP contribution >= 0.6 is 11.8 Å². The van der Waals surface area contributed by atoms with Gasteiger partial charge in [0, 0.05) is 15.2 Å². The molecule has 3 rings (SSSR count). The summed E-state index contributed by atoms with van der Waals surface area (Å²) in [4.78, 5) is 27.2. The number of amides is 1. The van der Waals surface area contributed by atoms with E-state index in [2.05, 4.69) is 10.2 Å². The van der Waals surface area contributed by atoms with Gasteiger partial charge < -0.3 is 15.3 Å². The van der Waals surface area contributed by atoms with E-state index in [1.807, 2.05) is 24.3 Å². The second-order valence-electron chi connectivity index (χ2n) is 4.78. The molecular weight excluding hydrogens is 311 g/mol. The highest BCUT2D eigenvalue weighted by molar-refractivity contribution is 7.99. The molecular formula is C16H11BN2O3S. The number of hydrogen-bond acceptors (Lipinski definition) is 4. The Bertz CT molecular complexity index is 907. The molecule has 0 unspecified atom stereocenters. The van der Waals surface area contributed by atoms with Gasteiger partial charge in [0.1, 0.15) is 0 Å². The van der Waals surface area contributed by atoms with Crippen LogP contribution < -0.4 is 5.23 Å². The first-order valence-corrected chi connectivity index (χ1v) is 7.53. The summed E-state index contributed by atoms with van der Waals surface area (Å²) in [5, 5.41) is 12.5. The van der Waals surface area contributed by atoms with Crippen molar-refractivity contribution in [2.24, 2.45) is 0 Å². The Kier molecular flexibility index (Phi) is 4.12. The highest BCUT2D eigenvalue weighted by Gasteiger charge is 2.13. The Labute approximate surface area is 137 Å². The second-order valence-corrected chi connectivity index (χ2v) is 5.90. The Morgan fingerprint density at radius 2 is 2.04 bits per heavy atom. The molecule has 3 aromatic rings. The van der Waals surface area contributed by atoms with E-state index >= 15 is 0 Å². The first-order chi connectivity index (χ1) is 11.1. The Morgan fingerprint density at radius 3 is 2.78 bits per heavy atom. The van der Waals surface area contributed by atoms with Crippen LogP contribution in [0.4, 0.5) is 0 Å². The highest BCUT2D eigenvalue weighted by Crippen LogP contribution is 2.34. The van der Waals surface area contributed by atoms with Gasteiger partial charge in [0.15, 0.2) is 12.2 Å². The fourth-order valence-electron chi connectivity index (χ4n) is 2.31. The Hall–Kier alpha value is -2.67. The summed E-state index contributed by atoms with van der Waals surface area (Å²) < 4.78 is 0. The van der Waals surface area contributed by atoms with Crippen LogP contribution in [-0.4, -0.2) is 30.3 Å². The van der Waals surface area contributed by atoms with Crippen LogP contribution in [0, 0.1) is 0 Å². The van der Waals surface area contributed by atoms with Crippen LogP contribution in [0.25, 0.3) is 10.9 Å². The molecule has 0 saturated heterocycles. The van der Waals surface area contributed by atoms with Crippen LogP contribution in [0.5, 0.6) is 5.88 Å². The van der Waals surface area contributed by atoms with Crippen molar-refractivity contribution < 1.29 is 14.7 Å². The highest BCUT2D eigenvalue weighted by atomic mass is 32.2. The third kappa shape index (κ3) is 2.83. The molecule has 2 aromatic carbocycles. The van der Waals surface area contributed by atoms with Crippen molar-refractivity contribution in [1.82, 2.24) is 10.2 Å². The van der Waals surface area contributed by atoms with Crippen LogP contribution in [0.2, 0.25) is 0 Å². The molecule has 0 spiro atoms. The number of aromatic amines is 1. The third-order valence-electron chi connectivity index (χ3n) is 3.40. The van der Waals surface area contributed by atoms with Gasteiger partial charge >= 0.3 is 0 Å². The molecule has 112 valence electrons. The van der Waals surface area contributed by atoms with Gasteiger partial charge in [-0.15, -0.1) is 0 Å². The number of nitrogens with one attached hydrogen (secondary N) is 2. The molecule has 1 aromatic heterocycles. The van der Waals surface area contributed by atoms with Gasteiger partial charge in [-0.05, 0) is 24.3 Å². The summed E-state index contributed by atoms with van der Waals surface area (Å²) in [6.07, 6.45) is 0.613. The quantitative estimate of drug-likeness (QED) is 0.509. The molecule has 1 heterocycles. The molecule has 0 atom stereocenters. The molecule has 5 nitrogen and oxygen atoms in total. The lowest BCUT2D eigenvalue weighted by atomic mass is 10.2. The van der Waals surface area contributed by atoms with E-state index in [9.17, 15) is 14.7 Å². The predicted molar refractivity (Wildman–Crippen MR) is 89.1 cm³/mol. The molecule has 0 saturated carbocycles. The number of aldehydes is 1. The monoisotopic (exact) mass is 322 g/mol. The summed E-state index contributed by atoms with van der Waals surface area (Å²) in [6.45, 7) is 0. The van der Waals surface area contributed by atoms with E-state index in [1.54, 1.807) is 18.2 Å². The van der Waals surface area contributed by atoms with Crippen LogP contribution in [0.1, 0.15) is 20.7 Å². The molecule has 1 amide bonds. The zero-order chi connectivity index (χ0) is 16.4. The maximum Gasteiger partial charge on any atom is 0.239 e. The summed E-state index contributed by atoms with van der Waals surface area (Å²) in [6, 6.07) is 12.5. The maximum atomic E-state index is 11.8. The molecule has 0 aliphatic carbocycles. The largest absolute Gasteiger partial charge is 0.494 e. The standard InChI is InChI=1S/C16H11BN2O3S/c17-19-16(22)11-3-1-2-4-14(11)23-9-5-6-10-12(8-20)15(21)18-13(10)7-9/h1-8,18,21H,(H,19,22). The minimum atomic E-state index is -0.366. The topological polar surface area (TPSA) is 82.2 Å². The summed E-state index contributed by atoms with van der Waals surface area (Å²) >= 11 is 1.39. The lowest BCUT2D eigenvalue weighted by Gasteiger charge is -2.08. The summed E-state index contributed by atoms with van der Waals surface area (Å²) in [5.41, 5.74) is 1.36. The summed E-state index contributed by atoms with van der Waals surface area (Å²) in [5.74, 6) is -0.519. The average Bonchev–Trinajstić information content (AvgIpc) is 2.88. The number of carbonyl (C=O) groups excluding carboxylic acids is 2. The van der Waals surface area contributed by atoms with Gasteiger partial charge in [-0.2, -0.15) is 0 Å². The molecule has 7 heteroatoms. The van der Waals surface area contributed by atoms with Gasteiger partial charge in [0.05, 0.1) is 16.6 Å². The summed E-state index contributed by atoms with van der Waals surface area (Å²) in [7, 11) is 5.20. The molecule has 0 bridgehead atoms. The van der Waals surface area contributed by atoms with Gasteiger partial charge in [-0.3, -0.25) is 9.59 Å². The van der Waals surface area contributed by atoms with Crippen molar-refractivity contribution in [1.29, 1.82) is 0 Å². The smallest absolute Gasteiger partial charge is 0.239 e. The van der Waals surface area contributed by atoms with Crippen molar-refractivity contribution >= 4 is 42.8 Å². The minimum absolute atomic E-state index is 0.153. The van der Waals surface area contributed by atoms with Crippen LogP contribution in [-0.2, 0) is 0 Å². The van der Waals surface area contributed by atoms with E-state index < -0.39 is 0 Å². The number of benzene rings is 2. The number of fused-ring (bicyclic) bond motifs is 1. The fraction of sp³-hybridized carbons (Fsp3) is 0. The lowest BCUT2D eigenvalue weighted by molar-refractivity contribution is 0.0978. The fourth-order valence-corrected chi connectivity index (χ4v) is 3.30. The van der Waals surface area contributed by atoms with E-state index in [0.29, 0.717) is 22.8 Å². The molecule has 23 heavy (non-hydrogen) atoms. The first-order valence-electron chi connectivity index (χ1n) is 6.71. The second kappa shape index (κ2) is 6.22. The van der Waals surface area contributed by atoms with Gasteiger partial charge in [0.25, 0.3) is 0 Å². The molecule has 3 N–H and O–H groups in total. The van der Waals surface area contributed by atoms with Crippen molar-refractivity contribution in [2.75, 3.05) is 0 Å². The van der Waals surface area contributed by atoms with Gasteiger partial charge in [0.2, 0.25) is 13.9 Å². The van der Waals surface area contributed by atoms with E-state index in [4.69, 9.17) is 7.98 Å². The average molecular weight is 322 g/mol. The Balaban J connectivity index is 2.00. The van der Waals surface area contributed by atoms with Gasteiger partial charge in [-0.25, -0.2) is 0 Å². The molecule has 0 fully saturated rings. The first kappa shape index (κ1) is 15.2. The zero-order valence-electron chi connectivity index (χ0n) is 11.9. The maximum absolute atomic E-state index is 11.8. The minimum Gasteiger partial charge on any atom is -0.494 e. The number of rotatable bonds is 4. The van der Waals surface area contributed by atoms with Crippen LogP contribution in [0.3, 0.4) is 0 Å².